The van der Waals surface area contributed by atoms with Crippen molar-refractivity contribution in [1.29, 1.82) is 0 Å². The Morgan fingerprint density at radius 1 is 1.21 bits per heavy atom. The topological polar surface area (TPSA) is 59.6 Å². The highest BCUT2D eigenvalue weighted by atomic mass is 16.6. The Morgan fingerprint density at radius 3 is 2.63 bits per heavy atom. The molecule has 2 heterocycles. The normalized spacial score (nSPS) is 16.6. The van der Waals surface area contributed by atoms with Crippen molar-refractivity contribution in [2.75, 3.05) is 31.6 Å². The van der Waals surface area contributed by atoms with Crippen molar-refractivity contribution < 1.29 is 14.3 Å². The third-order valence-electron chi connectivity index (χ3n) is 3.35. The molecule has 0 atom stereocenters. The van der Waals surface area contributed by atoms with E-state index in [0.29, 0.717) is 19.0 Å². The van der Waals surface area contributed by atoms with Crippen LogP contribution in [0.15, 0.2) is 29.3 Å². The summed E-state index contributed by atoms with van der Waals surface area (Å²) in [5.74, 6) is 1.34. The highest BCUT2D eigenvalue weighted by Crippen LogP contribution is 2.32. The fourth-order valence-electron chi connectivity index (χ4n) is 2.02. The van der Waals surface area contributed by atoms with E-state index in [2.05, 4.69) is 10.6 Å². The minimum absolute atomic E-state index is 0.0619. The average Bonchev–Trinajstić information content (AvgIpc) is 2.36. The van der Waals surface area contributed by atoms with Crippen LogP contribution in [0.25, 0.3) is 0 Å². The van der Waals surface area contributed by atoms with E-state index in [4.69, 9.17) is 9.47 Å². The fourth-order valence-corrected chi connectivity index (χ4v) is 2.02. The number of benzene rings is 1. The molecule has 0 bridgehead atoms. The van der Waals surface area contributed by atoms with Gasteiger partial charge in [0.25, 0.3) is 5.91 Å². The van der Waals surface area contributed by atoms with Gasteiger partial charge in [-0.2, -0.15) is 0 Å². The Morgan fingerprint density at radius 2 is 1.95 bits per heavy atom. The molecule has 100 valence electrons. The zero-order valence-electron chi connectivity index (χ0n) is 10.8. The van der Waals surface area contributed by atoms with Crippen molar-refractivity contribution in [3.05, 3.63) is 29.3 Å². The minimum atomic E-state index is -0.0619. The summed E-state index contributed by atoms with van der Waals surface area (Å²) in [4.78, 5) is 12.0. The summed E-state index contributed by atoms with van der Waals surface area (Å²) in [6.07, 6.45) is 0. The maximum absolute atomic E-state index is 12.0. The first-order valence-corrected chi connectivity index (χ1v) is 6.34. The average molecular weight is 260 g/mol. The summed E-state index contributed by atoms with van der Waals surface area (Å²) in [6.45, 7) is 4.57. The fraction of sp³-hybridized carbons (Fsp3) is 0.357. The van der Waals surface area contributed by atoms with Crippen molar-refractivity contribution in [3.63, 3.8) is 0 Å². The van der Waals surface area contributed by atoms with Crippen LogP contribution in [0.5, 0.6) is 11.5 Å². The number of anilines is 1. The maximum atomic E-state index is 12.0. The summed E-state index contributed by atoms with van der Waals surface area (Å²) in [5.41, 5.74) is 2.67. The van der Waals surface area contributed by atoms with Crippen LogP contribution in [0.3, 0.4) is 0 Å². The van der Waals surface area contributed by atoms with E-state index in [9.17, 15) is 4.79 Å². The molecular weight excluding hydrogens is 244 g/mol. The van der Waals surface area contributed by atoms with Gasteiger partial charge in [0.05, 0.1) is 0 Å². The Kier molecular flexibility index (Phi) is 3.13. The van der Waals surface area contributed by atoms with Crippen LogP contribution in [0.2, 0.25) is 0 Å². The molecule has 0 aliphatic carbocycles. The molecule has 0 spiro atoms. The first-order valence-electron chi connectivity index (χ1n) is 6.34. The van der Waals surface area contributed by atoms with Gasteiger partial charge in [0.15, 0.2) is 11.5 Å². The first kappa shape index (κ1) is 12.0. The molecule has 1 fully saturated rings. The van der Waals surface area contributed by atoms with E-state index < -0.39 is 0 Å². The molecule has 1 aromatic rings. The van der Waals surface area contributed by atoms with E-state index in [1.165, 1.54) is 0 Å². The molecular formula is C14H16N2O3. The van der Waals surface area contributed by atoms with E-state index in [0.717, 1.165) is 35.7 Å². The number of carbonyl (C=O) groups excluding carboxylic acids is 1. The molecule has 2 N–H and O–H groups in total. The Bertz CT molecular complexity index is 546. The molecule has 1 saturated heterocycles. The number of ether oxygens (including phenoxy) is 2. The molecule has 2 aliphatic heterocycles. The van der Waals surface area contributed by atoms with Crippen LogP contribution in [-0.2, 0) is 4.79 Å². The summed E-state index contributed by atoms with van der Waals surface area (Å²) in [7, 11) is 0. The third kappa shape index (κ3) is 2.42. The molecule has 0 aromatic heterocycles. The van der Waals surface area contributed by atoms with Gasteiger partial charge in [-0.3, -0.25) is 4.79 Å². The summed E-state index contributed by atoms with van der Waals surface area (Å²) in [5, 5.41) is 6.01. The van der Waals surface area contributed by atoms with Gasteiger partial charge in [0, 0.05) is 30.4 Å². The van der Waals surface area contributed by atoms with E-state index >= 15 is 0 Å². The van der Waals surface area contributed by atoms with Gasteiger partial charge in [0.2, 0.25) is 0 Å². The monoisotopic (exact) mass is 260 g/mol. The summed E-state index contributed by atoms with van der Waals surface area (Å²) < 4.78 is 10.9. The first-order chi connectivity index (χ1) is 9.24. The predicted molar refractivity (Wildman–Crippen MR) is 71.6 cm³/mol. The van der Waals surface area contributed by atoms with Gasteiger partial charge in [0.1, 0.15) is 13.2 Å². The van der Waals surface area contributed by atoms with Gasteiger partial charge in [-0.25, -0.2) is 0 Å². The van der Waals surface area contributed by atoms with E-state index in [1.54, 1.807) is 6.07 Å². The number of hydrogen-bond donors (Lipinski definition) is 2. The second-order valence-corrected chi connectivity index (χ2v) is 4.64. The third-order valence-corrected chi connectivity index (χ3v) is 3.35. The number of nitrogens with one attached hydrogen (secondary N) is 2. The molecule has 0 radical (unpaired) electrons. The molecule has 19 heavy (non-hydrogen) atoms. The zero-order valence-corrected chi connectivity index (χ0v) is 10.8. The zero-order chi connectivity index (χ0) is 13.2. The molecule has 0 saturated carbocycles. The van der Waals surface area contributed by atoms with Crippen LogP contribution >= 0.6 is 0 Å². The second-order valence-electron chi connectivity index (χ2n) is 4.64. The van der Waals surface area contributed by atoms with Gasteiger partial charge in [-0.05, 0) is 24.6 Å². The largest absolute Gasteiger partial charge is 0.486 e. The van der Waals surface area contributed by atoms with Crippen LogP contribution < -0.4 is 20.1 Å². The van der Waals surface area contributed by atoms with Crippen molar-refractivity contribution in [1.82, 2.24) is 5.32 Å². The van der Waals surface area contributed by atoms with Gasteiger partial charge >= 0.3 is 0 Å². The number of rotatable bonds is 2. The maximum Gasteiger partial charge on any atom is 0.251 e. The number of hydrogen-bond acceptors (Lipinski definition) is 4. The highest BCUT2D eigenvalue weighted by molar-refractivity contribution is 6.04. The molecule has 1 aromatic carbocycles. The van der Waals surface area contributed by atoms with E-state index in [1.807, 2.05) is 19.1 Å². The molecule has 5 heteroatoms. The lowest BCUT2D eigenvalue weighted by molar-refractivity contribution is -0.112. The molecule has 0 unspecified atom stereocenters. The standard InChI is InChI=1S/C14H16N2O3/c1-9(10-7-15-8-10)14(17)16-11-2-3-12-13(6-11)19-5-4-18-12/h2-3,6,15H,4-5,7-8H2,1H3,(H,16,17). The lowest BCUT2D eigenvalue weighted by Gasteiger charge is -2.22. The number of carbonyl (C=O) groups is 1. The molecule has 1 amide bonds. The van der Waals surface area contributed by atoms with Gasteiger partial charge in [-0.1, -0.05) is 0 Å². The second kappa shape index (κ2) is 4.93. The number of fused-ring (bicyclic) bond motifs is 1. The quantitative estimate of drug-likeness (QED) is 0.787. The summed E-state index contributed by atoms with van der Waals surface area (Å²) in [6, 6.07) is 5.43. The van der Waals surface area contributed by atoms with Crippen molar-refractivity contribution >= 4 is 11.6 Å². The summed E-state index contributed by atoms with van der Waals surface area (Å²) >= 11 is 0. The van der Waals surface area contributed by atoms with Crippen LogP contribution in [0.1, 0.15) is 6.92 Å². The van der Waals surface area contributed by atoms with Crippen molar-refractivity contribution in [2.24, 2.45) is 0 Å². The molecule has 3 rings (SSSR count). The molecule has 5 nitrogen and oxygen atoms in total. The SMILES string of the molecule is CC(C(=O)Nc1ccc2c(c1)OCCO2)=C1CNC1. The molecule has 2 aliphatic rings. The minimum Gasteiger partial charge on any atom is -0.486 e. The van der Waals surface area contributed by atoms with Crippen LogP contribution in [0.4, 0.5) is 5.69 Å². The van der Waals surface area contributed by atoms with Gasteiger partial charge in [-0.15, -0.1) is 0 Å². The van der Waals surface area contributed by atoms with Crippen molar-refractivity contribution in [3.8, 4) is 11.5 Å². The Labute approximate surface area is 111 Å². The van der Waals surface area contributed by atoms with Gasteiger partial charge < -0.3 is 20.1 Å². The lowest BCUT2D eigenvalue weighted by atomic mass is 10.0. The van der Waals surface area contributed by atoms with Crippen LogP contribution in [-0.4, -0.2) is 32.2 Å². The van der Waals surface area contributed by atoms with Crippen molar-refractivity contribution in [2.45, 2.75) is 6.92 Å². The Hall–Kier alpha value is -2.01. The predicted octanol–water partition coefficient (Wildman–Crippen LogP) is 1.32. The smallest absolute Gasteiger partial charge is 0.251 e. The van der Waals surface area contributed by atoms with E-state index in [-0.39, 0.29) is 5.91 Å². The van der Waals surface area contributed by atoms with Crippen LogP contribution in [0, 0.1) is 0 Å². The highest BCUT2D eigenvalue weighted by Gasteiger charge is 2.17. The lowest BCUT2D eigenvalue weighted by Crippen LogP contribution is -2.36. The number of amides is 1. The Balaban J connectivity index is 1.74.